The smallest absolute Gasteiger partial charge is 0.344 e. The molecule has 0 amide bonds. The van der Waals surface area contributed by atoms with Crippen LogP contribution in [0.5, 0.6) is 11.8 Å². The van der Waals surface area contributed by atoms with Gasteiger partial charge >= 0.3 is 11.9 Å². The Morgan fingerprint density at radius 3 is 1.18 bits per heavy atom. The Morgan fingerprint density at radius 2 is 0.823 bits per heavy atom. The molecular formula is C50H46N6O6. The second-order valence-electron chi connectivity index (χ2n) is 13.8. The fourth-order valence-corrected chi connectivity index (χ4v) is 7.45. The van der Waals surface area contributed by atoms with Crippen LogP contribution in [0.2, 0.25) is 0 Å². The van der Waals surface area contributed by atoms with Crippen LogP contribution < -0.4 is 9.47 Å². The summed E-state index contributed by atoms with van der Waals surface area (Å²) in [5, 5.41) is 17.8. The van der Waals surface area contributed by atoms with Crippen molar-refractivity contribution in [2.24, 2.45) is 0 Å². The normalized spacial score (nSPS) is 11.1. The number of ether oxygens (including phenoxy) is 4. The lowest BCUT2D eigenvalue weighted by Crippen LogP contribution is -2.39. The zero-order valence-electron chi connectivity index (χ0n) is 34.4. The molecular weight excluding hydrogens is 781 g/mol. The monoisotopic (exact) mass is 826 g/mol. The van der Waals surface area contributed by atoms with E-state index in [-0.39, 0.29) is 25.0 Å². The van der Waals surface area contributed by atoms with E-state index in [9.17, 15) is 9.59 Å². The van der Waals surface area contributed by atoms with Gasteiger partial charge in [-0.2, -0.15) is 9.90 Å². The van der Waals surface area contributed by atoms with Crippen molar-refractivity contribution in [2.75, 3.05) is 26.4 Å². The van der Waals surface area contributed by atoms with Crippen LogP contribution in [0.1, 0.15) is 47.2 Å². The second kappa shape index (κ2) is 20.4. The minimum atomic E-state index is -0.824. The van der Waals surface area contributed by atoms with E-state index in [4.69, 9.17) is 18.9 Å². The van der Waals surface area contributed by atoms with Gasteiger partial charge in [0.2, 0.25) is 0 Å². The van der Waals surface area contributed by atoms with Crippen molar-refractivity contribution in [3.63, 3.8) is 0 Å². The van der Waals surface area contributed by atoms with Gasteiger partial charge in [0.1, 0.15) is 11.7 Å². The molecule has 312 valence electrons. The molecule has 62 heavy (non-hydrogen) atoms. The summed E-state index contributed by atoms with van der Waals surface area (Å²) in [4.78, 5) is 25.0. The molecule has 0 spiro atoms. The summed E-state index contributed by atoms with van der Waals surface area (Å²) in [6.07, 6.45) is 3.23. The Hall–Kier alpha value is -7.86. The van der Waals surface area contributed by atoms with Gasteiger partial charge in [0, 0.05) is 0 Å². The van der Waals surface area contributed by atoms with Gasteiger partial charge in [0.25, 0.3) is 11.8 Å². The minimum Gasteiger partial charge on any atom is -0.463 e. The van der Waals surface area contributed by atoms with Crippen molar-refractivity contribution in [1.29, 1.82) is 0 Å². The largest absolute Gasteiger partial charge is 0.463 e. The number of aromatic nitrogens is 6. The first kappa shape index (κ1) is 42.3. The Balaban J connectivity index is 0.000000186. The first-order valence-electron chi connectivity index (χ1n) is 20.3. The molecule has 0 saturated heterocycles. The molecule has 0 saturated carbocycles. The van der Waals surface area contributed by atoms with Crippen LogP contribution in [0, 0.1) is 0 Å². The van der Waals surface area contributed by atoms with Crippen LogP contribution in [0.4, 0.5) is 0 Å². The van der Waals surface area contributed by atoms with Crippen LogP contribution in [-0.4, -0.2) is 68.4 Å². The number of hydrogen-bond acceptors (Lipinski definition) is 10. The summed E-state index contributed by atoms with van der Waals surface area (Å²) < 4.78 is 22.7. The van der Waals surface area contributed by atoms with E-state index in [0.29, 0.717) is 13.2 Å². The maximum Gasteiger partial charge on any atom is 0.344 e. The second-order valence-corrected chi connectivity index (χ2v) is 13.8. The van der Waals surface area contributed by atoms with E-state index in [1.54, 1.807) is 29.5 Å². The first-order valence-corrected chi connectivity index (χ1v) is 20.3. The number of benzene rings is 6. The number of esters is 2. The van der Waals surface area contributed by atoms with E-state index in [0.717, 1.165) is 33.4 Å². The number of nitrogens with zero attached hydrogens (tertiary/aromatic N) is 6. The van der Waals surface area contributed by atoms with Crippen LogP contribution in [0.3, 0.4) is 0 Å². The average molecular weight is 827 g/mol. The van der Waals surface area contributed by atoms with Gasteiger partial charge in [-0.1, -0.05) is 192 Å². The van der Waals surface area contributed by atoms with Crippen molar-refractivity contribution in [3.8, 4) is 11.8 Å². The number of carbonyl (C=O) groups is 2. The van der Waals surface area contributed by atoms with E-state index in [1.807, 2.05) is 109 Å². The third-order valence-corrected chi connectivity index (χ3v) is 10.0. The minimum absolute atomic E-state index is 0.221. The summed E-state index contributed by atoms with van der Waals surface area (Å²) in [5.74, 6) is -0.393. The molecule has 8 aromatic rings. The third-order valence-electron chi connectivity index (χ3n) is 10.0. The summed E-state index contributed by atoms with van der Waals surface area (Å²) >= 11 is 0. The van der Waals surface area contributed by atoms with Gasteiger partial charge in [-0.3, -0.25) is 0 Å². The molecule has 0 atom stereocenters. The highest BCUT2D eigenvalue weighted by Crippen LogP contribution is 2.41. The molecule has 0 aliphatic rings. The molecule has 2 heterocycles. The lowest BCUT2D eigenvalue weighted by atomic mass is 9.77. The molecule has 12 heteroatoms. The zero-order valence-corrected chi connectivity index (χ0v) is 34.4. The molecule has 12 nitrogen and oxygen atoms in total. The number of rotatable bonds is 16. The summed E-state index contributed by atoms with van der Waals surface area (Å²) in [7, 11) is 0. The van der Waals surface area contributed by atoms with Gasteiger partial charge in [0.05, 0.1) is 19.4 Å². The molecule has 0 bridgehead atoms. The van der Waals surface area contributed by atoms with E-state index >= 15 is 0 Å². The topological polar surface area (TPSA) is 132 Å². The maximum atomic E-state index is 11.7. The molecule has 6 aromatic carbocycles. The Labute approximate surface area is 360 Å². The van der Waals surface area contributed by atoms with E-state index < -0.39 is 23.0 Å². The van der Waals surface area contributed by atoms with Gasteiger partial charge in [-0.25, -0.2) is 14.3 Å². The van der Waals surface area contributed by atoms with Gasteiger partial charge in [-0.05, 0) is 47.2 Å². The van der Waals surface area contributed by atoms with Gasteiger partial charge in [0.15, 0.2) is 18.8 Å². The van der Waals surface area contributed by atoms with Crippen molar-refractivity contribution < 1.29 is 28.5 Å². The Bertz CT molecular complexity index is 2210. The van der Waals surface area contributed by atoms with Crippen molar-refractivity contribution in [2.45, 2.75) is 24.9 Å². The van der Waals surface area contributed by atoms with Gasteiger partial charge in [-0.15, -0.1) is 5.10 Å². The predicted molar refractivity (Wildman–Crippen MR) is 234 cm³/mol. The fraction of sp³-hybridized carbons (Fsp3) is 0.160. The maximum absolute atomic E-state index is 11.7. The molecule has 0 fully saturated rings. The lowest BCUT2D eigenvalue weighted by molar-refractivity contribution is -0.146. The highest BCUT2D eigenvalue weighted by molar-refractivity contribution is 5.71. The van der Waals surface area contributed by atoms with Crippen LogP contribution in [-0.2, 0) is 30.1 Å². The van der Waals surface area contributed by atoms with E-state index in [1.165, 1.54) is 6.20 Å². The standard InChI is InChI=1S/2C25H23N3O3/c1-2-30-24(29)19-31-23-18-28(27-26-23)25(20-12-6-3-7-13-20,21-14-8-4-9-15-21)22-16-10-5-11-17-22;1-2-30-24(29)19-31-23-18-26-28(27-23)25(20-12-6-3-7-13-20,21-14-8-4-9-15-21)22-16-10-5-11-17-22/h2*3-18H,2,19H2,1H3. The van der Waals surface area contributed by atoms with Crippen molar-refractivity contribution in [3.05, 3.63) is 228 Å². The highest BCUT2D eigenvalue weighted by atomic mass is 16.6. The molecule has 0 N–H and O–H groups in total. The van der Waals surface area contributed by atoms with Crippen molar-refractivity contribution >= 4 is 11.9 Å². The first-order chi connectivity index (χ1) is 30.5. The highest BCUT2D eigenvalue weighted by Gasteiger charge is 2.41. The molecule has 0 aliphatic heterocycles. The predicted octanol–water partition coefficient (Wildman–Crippen LogP) is 8.12. The Morgan fingerprint density at radius 1 is 0.484 bits per heavy atom. The van der Waals surface area contributed by atoms with Crippen LogP contribution in [0.15, 0.2) is 194 Å². The van der Waals surface area contributed by atoms with Crippen molar-refractivity contribution in [1.82, 2.24) is 30.0 Å². The fourth-order valence-electron chi connectivity index (χ4n) is 7.45. The molecule has 8 rings (SSSR count). The van der Waals surface area contributed by atoms with Crippen LogP contribution in [0.25, 0.3) is 0 Å². The molecule has 0 aliphatic carbocycles. The SMILES string of the molecule is CCOC(=O)COc1cn(C(c2ccccc2)(c2ccccc2)c2ccccc2)nn1.CCOC(=O)COc1cnn(C(c2ccccc2)(c2ccccc2)c2ccccc2)n1. The summed E-state index contributed by atoms with van der Waals surface area (Å²) in [6.45, 7) is 3.66. The summed E-state index contributed by atoms with van der Waals surface area (Å²) in [6, 6.07) is 60.7. The number of hydrogen-bond donors (Lipinski definition) is 0. The quantitative estimate of drug-likeness (QED) is 0.0695. The van der Waals surface area contributed by atoms with Crippen LogP contribution >= 0.6 is 0 Å². The molecule has 0 unspecified atom stereocenters. The third kappa shape index (κ3) is 9.14. The van der Waals surface area contributed by atoms with E-state index in [2.05, 4.69) is 93.3 Å². The zero-order chi connectivity index (χ0) is 43.0. The molecule has 2 aromatic heterocycles. The lowest BCUT2D eigenvalue weighted by Gasteiger charge is -2.35. The average Bonchev–Trinajstić information content (AvgIpc) is 4.02. The molecule has 0 radical (unpaired) electrons. The summed E-state index contributed by atoms with van der Waals surface area (Å²) in [5.41, 5.74) is 4.47. The number of carbonyl (C=O) groups excluding carboxylic acids is 2. The Kier molecular flexibility index (Phi) is 13.9. The van der Waals surface area contributed by atoms with Gasteiger partial charge < -0.3 is 18.9 Å².